The predicted octanol–water partition coefficient (Wildman–Crippen LogP) is 2.23. The molecule has 1 aromatic heterocycles. The number of aromatic nitrogens is 2. The Kier molecular flexibility index (Phi) is 2.69. The molecular formula is C6H2F3N3S. The van der Waals surface area contributed by atoms with E-state index in [1.54, 1.807) is 0 Å². The topological polar surface area (TPSA) is 38.1 Å². The average molecular weight is 205 g/mol. The van der Waals surface area contributed by atoms with Gasteiger partial charge in [-0.2, -0.15) is 18.2 Å². The molecule has 0 N–H and O–H groups in total. The molecule has 1 rings (SSSR count). The maximum absolute atomic E-state index is 11.9. The molecule has 13 heavy (non-hydrogen) atoms. The van der Waals surface area contributed by atoms with E-state index in [1.807, 2.05) is 5.16 Å². The van der Waals surface area contributed by atoms with Crippen molar-refractivity contribution in [2.24, 2.45) is 4.99 Å². The maximum Gasteiger partial charge on any atom is 0.434 e. The summed E-state index contributed by atoms with van der Waals surface area (Å²) in [5.41, 5.74) is -1.06. The lowest BCUT2D eigenvalue weighted by Crippen LogP contribution is -2.07. The monoisotopic (exact) mass is 205 g/mol. The number of rotatable bonds is 1. The number of alkyl halides is 3. The Labute approximate surface area is 76.4 Å². The van der Waals surface area contributed by atoms with Crippen LogP contribution < -0.4 is 0 Å². The molecule has 0 aromatic carbocycles. The first-order valence-corrected chi connectivity index (χ1v) is 3.42. The highest BCUT2D eigenvalue weighted by Crippen LogP contribution is 2.26. The van der Waals surface area contributed by atoms with Crippen LogP contribution >= 0.6 is 12.2 Å². The van der Waals surface area contributed by atoms with Gasteiger partial charge < -0.3 is 0 Å². The smallest absolute Gasteiger partial charge is 0.246 e. The molecule has 0 bridgehead atoms. The summed E-state index contributed by atoms with van der Waals surface area (Å²) in [4.78, 5) is 9.81. The Morgan fingerprint density at radius 1 is 1.31 bits per heavy atom. The molecule has 0 amide bonds. The third-order valence-corrected chi connectivity index (χ3v) is 1.18. The van der Waals surface area contributed by atoms with E-state index in [4.69, 9.17) is 0 Å². The minimum atomic E-state index is -4.48. The Bertz CT molecular complexity index is 339. The quantitative estimate of drug-likeness (QED) is 0.521. The van der Waals surface area contributed by atoms with Gasteiger partial charge in [0.15, 0.2) is 11.5 Å². The third-order valence-electron chi connectivity index (χ3n) is 1.09. The lowest BCUT2D eigenvalue weighted by Gasteiger charge is -2.03. The maximum atomic E-state index is 11.9. The van der Waals surface area contributed by atoms with E-state index in [0.717, 1.165) is 6.20 Å². The van der Waals surface area contributed by atoms with E-state index in [-0.39, 0.29) is 5.82 Å². The molecule has 0 aliphatic carbocycles. The molecule has 0 saturated carbocycles. The van der Waals surface area contributed by atoms with Crippen LogP contribution in [0.4, 0.5) is 19.0 Å². The molecule has 7 heteroatoms. The van der Waals surface area contributed by atoms with E-state index in [9.17, 15) is 13.2 Å². The lowest BCUT2D eigenvalue weighted by molar-refractivity contribution is -0.141. The Balaban J connectivity index is 3.00. The van der Waals surface area contributed by atoms with Crippen LogP contribution in [-0.2, 0) is 6.18 Å². The number of thiocarbonyl (C=S) groups is 1. The summed E-state index contributed by atoms with van der Waals surface area (Å²) in [5, 5.41) is 1.97. The van der Waals surface area contributed by atoms with E-state index >= 15 is 0 Å². The van der Waals surface area contributed by atoms with Crippen molar-refractivity contribution in [3.63, 3.8) is 0 Å². The first-order chi connectivity index (χ1) is 6.04. The van der Waals surface area contributed by atoms with E-state index < -0.39 is 11.9 Å². The van der Waals surface area contributed by atoms with Gasteiger partial charge in [-0.3, -0.25) is 0 Å². The van der Waals surface area contributed by atoms with Crippen molar-refractivity contribution in [2.75, 3.05) is 0 Å². The van der Waals surface area contributed by atoms with Crippen LogP contribution in [0.1, 0.15) is 5.69 Å². The molecule has 0 spiro atoms. The molecule has 0 aliphatic rings. The second-order valence-corrected chi connectivity index (χ2v) is 2.14. The number of hydrogen-bond donors (Lipinski definition) is 0. The zero-order chi connectivity index (χ0) is 9.90. The fourth-order valence-corrected chi connectivity index (χ4v) is 0.666. The minimum Gasteiger partial charge on any atom is -0.246 e. The zero-order valence-corrected chi connectivity index (χ0v) is 6.85. The molecule has 0 aliphatic heterocycles. The van der Waals surface area contributed by atoms with E-state index in [1.165, 1.54) is 0 Å². The van der Waals surface area contributed by atoms with Crippen LogP contribution in [0, 0.1) is 0 Å². The fourth-order valence-electron chi connectivity index (χ4n) is 0.572. The summed E-state index contributed by atoms with van der Waals surface area (Å²) in [5.74, 6) is 0.00278. The lowest BCUT2D eigenvalue weighted by atomic mass is 10.4. The highest BCUT2D eigenvalue weighted by Gasteiger charge is 2.32. The Hall–Kier alpha value is -1.33. The van der Waals surface area contributed by atoms with Crippen LogP contribution in [0.15, 0.2) is 17.4 Å². The van der Waals surface area contributed by atoms with Gasteiger partial charge in [0.1, 0.15) is 0 Å². The van der Waals surface area contributed by atoms with Crippen molar-refractivity contribution < 1.29 is 13.2 Å². The standard InChI is InChI=1S/C6H2F3N3S/c7-6(8,9)4-1-11-5(2-10-4)12-3-13/h1-2H. The summed E-state index contributed by atoms with van der Waals surface area (Å²) < 4.78 is 35.8. The number of halogens is 3. The number of aliphatic imine (C=N–C) groups is 1. The van der Waals surface area contributed by atoms with Crippen LogP contribution in [0.5, 0.6) is 0 Å². The number of isothiocyanates is 1. The van der Waals surface area contributed by atoms with Crippen molar-refractivity contribution in [3.8, 4) is 0 Å². The summed E-state index contributed by atoms with van der Waals surface area (Å²) in [6.07, 6.45) is -3.01. The van der Waals surface area contributed by atoms with E-state index in [0.29, 0.717) is 6.20 Å². The van der Waals surface area contributed by atoms with Gasteiger partial charge in [-0.25, -0.2) is 9.97 Å². The molecule has 0 saturated heterocycles. The van der Waals surface area contributed by atoms with Crippen molar-refractivity contribution in [3.05, 3.63) is 18.1 Å². The SMILES string of the molecule is FC(F)(F)c1cnc(N=C=S)cn1. The molecule has 0 radical (unpaired) electrons. The Morgan fingerprint density at radius 3 is 2.38 bits per heavy atom. The van der Waals surface area contributed by atoms with Gasteiger partial charge in [0.05, 0.1) is 17.6 Å². The van der Waals surface area contributed by atoms with Gasteiger partial charge in [0, 0.05) is 0 Å². The summed E-state index contributed by atoms with van der Waals surface area (Å²) in [6, 6.07) is 0. The molecule has 0 unspecified atom stereocenters. The number of nitrogens with zero attached hydrogens (tertiary/aromatic N) is 3. The van der Waals surface area contributed by atoms with Gasteiger partial charge in [0.2, 0.25) is 0 Å². The van der Waals surface area contributed by atoms with Crippen molar-refractivity contribution in [1.29, 1.82) is 0 Å². The second kappa shape index (κ2) is 3.59. The van der Waals surface area contributed by atoms with Crippen molar-refractivity contribution in [1.82, 2.24) is 9.97 Å². The average Bonchev–Trinajstić information content (AvgIpc) is 2.04. The van der Waals surface area contributed by atoms with Gasteiger partial charge in [-0.05, 0) is 12.2 Å². The zero-order valence-electron chi connectivity index (χ0n) is 6.04. The third kappa shape index (κ3) is 2.57. The highest BCUT2D eigenvalue weighted by atomic mass is 32.1. The first-order valence-electron chi connectivity index (χ1n) is 3.01. The predicted molar refractivity (Wildman–Crippen MR) is 41.7 cm³/mol. The summed E-state index contributed by atoms with van der Waals surface area (Å²) >= 11 is 4.23. The van der Waals surface area contributed by atoms with Crippen LogP contribution in [-0.4, -0.2) is 15.1 Å². The first kappa shape index (κ1) is 9.76. The van der Waals surface area contributed by atoms with Gasteiger partial charge in [-0.15, -0.1) is 0 Å². The highest BCUT2D eigenvalue weighted by molar-refractivity contribution is 7.78. The number of hydrogen-bond acceptors (Lipinski definition) is 4. The van der Waals surface area contributed by atoms with Gasteiger partial charge in [-0.1, -0.05) is 0 Å². The molecule has 3 nitrogen and oxygen atoms in total. The normalized spacial score (nSPS) is 10.7. The van der Waals surface area contributed by atoms with Crippen LogP contribution in [0.3, 0.4) is 0 Å². The molecule has 68 valence electrons. The molecule has 1 heterocycles. The molecule has 0 fully saturated rings. The van der Waals surface area contributed by atoms with Crippen LogP contribution in [0.25, 0.3) is 0 Å². The minimum absolute atomic E-state index is 0.00278. The van der Waals surface area contributed by atoms with Crippen molar-refractivity contribution in [2.45, 2.75) is 6.18 Å². The largest absolute Gasteiger partial charge is 0.434 e. The molecular weight excluding hydrogens is 203 g/mol. The second-order valence-electron chi connectivity index (χ2n) is 1.96. The van der Waals surface area contributed by atoms with Crippen molar-refractivity contribution >= 4 is 23.2 Å². The van der Waals surface area contributed by atoms with Gasteiger partial charge >= 0.3 is 6.18 Å². The summed E-state index contributed by atoms with van der Waals surface area (Å²) in [7, 11) is 0. The van der Waals surface area contributed by atoms with Gasteiger partial charge in [0.25, 0.3) is 0 Å². The molecule has 0 atom stereocenters. The van der Waals surface area contributed by atoms with Crippen LogP contribution in [0.2, 0.25) is 0 Å². The fraction of sp³-hybridized carbons (Fsp3) is 0.167. The molecule has 1 aromatic rings. The van der Waals surface area contributed by atoms with E-state index in [2.05, 4.69) is 27.2 Å². The summed E-state index contributed by atoms with van der Waals surface area (Å²) in [6.45, 7) is 0. The Morgan fingerprint density at radius 2 is 2.00 bits per heavy atom.